The van der Waals surface area contributed by atoms with Crippen molar-refractivity contribution in [3.63, 3.8) is 0 Å². The first kappa shape index (κ1) is 30.4. The molecule has 0 unspecified atom stereocenters. The largest absolute Gasteiger partial charge is 0.481 e. The molecule has 9 nitrogen and oxygen atoms in total. The van der Waals surface area contributed by atoms with Crippen molar-refractivity contribution in [2.24, 2.45) is 34.0 Å². The molecule has 4 aliphatic carbocycles. The highest BCUT2D eigenvalue weighted by atomic mass is 16.5. The third kappa shape index (κ3) is 5.50. The summed E-state index contributed by atoms with van der Waals surface area (Å²) in [7, 11) is 0. The minimum absolute atomic E-state index is 0.0114. The van der Waals surface area contributed by atoms with E-state index >= 15 is 0 Å². The van der Waals surface area contributed by atoms with Gasteiger partial charge in [0.25, 0.3) is 0 Å². The molecule has 3 saturated carbocycles. The van der Waals surface area contributed by atoms with Gasteiger partial charge in [-0.2, -0.15) is 0 Å². The van der Waals surface area contributed by atoms with E-state index in [1.807, 2.05) is 27.7 Å². The number of carbonyl (C=O) groups excluding carboxylic acids is 4. The Morgan fingerprint density at radius 2 is 1.73 bits per heavy atom. The van der Waals surface area contributed by atoms with Crippen molar-refractivity contribution in [2.45, 2.75) is 111 Å². The van der Waals surface area contributed by atoms with Gasteiger partial charge >= 0.3 is 17.9 Å². The Balaban J connectivity index is 1.63. The highest BCUT2D eigenvalue weighted by molar-refractivity contribution is 5.92. The van der Waals surface area contributed by atoms with E-state index in [1.165, 1.54) is 0 Å². The van der Waals surface area contributed by atoms with Crippen LogP contribution in [0.15, 0.2) is 11.6 Å². The van der Waals surface area contributed by atoms with Crippen molar-refractivity contribution < 1.29 is 43.7 Å². The Labute approximate surface area is 236 Å². The van der Waals surface area contributed by atoms with E-state index in [1.54, 1.807) is 6.08 Å². The van der Waals surface area contributed by atoms with Crippen molar-refractivity contribution in [2.75, 3.05) is 6.61 Å². The van der Waals surface area contributed by atoms with E-state index in [9.17, 15) is 29.1 Å². The molecule has 222 valence electrons. The molecule has 0 aromatic heterocycles. The number of aliphatic carboxylic acids is 1. The number of ether oxygens (including phenoxy) is 2. The van der Waals surface area contributed by atoms with Gasteiger partial charge in [0.05, 0.1) is 19.3 Å². The van der Waals surface area contributed by atoms with Crippen LogP contribution in [-0.4, -0.2) is 58.0 Å². The number of allylic oxidation sites excluding steroid dienone is 1. The van der Waals surface area contributed by atoms with Gasteiger partial charge in [0.2, 0.25) is 5.78 Å². The molecule has 0 saturated heterocycles. The van der Waals surface area contributed by atoms with Gasteiger partial charge in [-0.3, -0.25) is 24.0 Å². The molecule has 4 aliphatic rings. The number of hydrogen-bond donors (Lipinski definition) is 2. The van der Waals surface area contributed by atoms with Crippen LogP contribution in [0.5, 0.6) is 0 Å². The quantitative estimate of drug-likeness (QED) is 0.418. The van der Waals surface area contributed by atoms with Gasteiger partial charge in [-0.15, -0.1) is 0 Å². The van der Waals surface area contributed by atoms with Crippen LogP contribution in [0.2, 0.25) is 0 Å². The molecule has 0 aromatic rings. The fraction of sp³-hybridized carbons (Fsp3) is 0.774. The van der Waals surface area contributed by atoms with E-state index in [0.717, 1.165) is 18.4 Å². The first-order valence-corrected chi connectivity index (χ1v) is 14.6. The normalized spacial score (nSPS) is 37.0. The molecule has 0 spiro atoms. The van der Waals surface area contributed by atoms with Gasteiger partial charge in [0.15, 0.2) is 12.4 Å². The number of rotatable bonds is 8. The average molecular weight is 561 g/mol. The number of fused-ring (bicyclic) bond motifs is 5. The van der Waals surface area contributed by atoms with Crippen molar-refractivity contribution in [3.8, 4) is 0 Å². The summed E-state index contributed by atoms with van der Waals surface area (Å²) in [6.45, 7) is 9.35. The topological polar surface area (TPSA) is 144 Å². The van der Waals surface area contributed by atoms with E-state index in [2.05, 4.69) is 6.92 Å². The van der Waals surface area contributed by atoms with Crippen molar-refractivity contribution in [1.29, 1.82) is 0 Å². The van der Waals surface area contributed by atoms with Crippen LogP contribution >= 0.6 is 0 Å². The minimum atomic E-state index is -1.77. The van der Waals surface area contributed by atoms with Gasteiger partial charge in [-0.25, -0.2) is 0 Å². The van der Waals surface area contributed by atoms with E-state index in [0.29, 0.717) is 25.7 Å². The zero-order valence-corrected chi connectivity index (χ0v) is 24.4. The molecule has 3 fully saturated rings. The van der Waals surface area contributed by atoms with Gasteiger partial charge in [0.1, 0.15) is 11.7 Å². The van der Waals surface area contributed by atoms with Crippen molar-refractivity contribution >= 4 is 29.5 Å². The fourth-order valence-electron chi connectivity index (χ4n) is 8.41. The van der Waals surface area contributed by atoms with E-state index < -0.39 is 47.9 Å². The lowest BCUT2D eigenvalue weighted by atomic mass is 9.45. The summed E-state index contributed by atoms with van der Waals surface area (Å²) in [4.78, 5) is 61.7. The molecule has 9 heteroatoms. The Bertz CT molecular complexity index is 1120. The number of ketones is 2. The first-order valence-electron chi connectivity index (χ1n) is 14.6. The molecule has 2 N–H and O–H groups in total. The van der Waals surface area contributed by atoms with Crippen LogP contribution < -0.4 is 0 Å². The fourth-order valence-corrected chi connectivity index (χ4v) is 8.41. The highest BCUT2D eigenvalue weighted by Gasteiger charge is 2.69. The van der Waals surface area contributed by atoms with Crippen LogP contribution in [0.1, 0.15) is 98.8 Å². The first-order chi connectivity index (χ1) is 18.5. The zero-order valence-electron chi connectivity index (χ0n) is 24.4. The lowest BCUT2D eigenvalue weighted by molar-refractivity contribution is -0.198. The van der Waals surface area contributed by atoms with Crippen molar-refractivity contribution in [1.82, 2.24) is 0 Å². The van der Waals surface area contributed by atoms with E-state index in [-0.39, 0.29) is 59.6 Å². The number of carbonyl (C=O) groups is 5. The Hall–Kier alpha value is -2.55. The molecule has 0 radical (unpaired) electrons. The predicted molar refractivity (Wildman–Crippen MR) is 144 cm³/mol. The maximum Gasteiger partial charge on any atom is 0.306 e. The number of carboxylic acid groups (broad SMARTS) is 1. The number of carboxylic acids is 1. The smallest absolute Gasteiger partial charge is 0.306 e. The summed E-state index contributed by atoms with van der Waals surface area (Å²) in [5.74, 6) is -2.69. The summed E-state index contributed by atoms with van der Waals surface area (Å²) in [5.41, 5.74) is -2.15. The SMILES string of the molecule is CC(C)(C)CC(=O)O[C@@H]1C[C@@]2(C)[C@@H](CC[C@]2(O)C(=O)COC(=O)CCC(=O)O)[C@@H]2CCC3=CC(=O)CC[C@]3(C)[C@H]21. The molecule has 0 bridgehead atoms. The second kappa shape index (κ2) is 10.7. The van der Waals surface area contributed by atoms with Crippen LogP contribution in [0, 0.1) is 34.0 Å². The molecule has 0 amide bonds. The standard InChI is InChI=1S/C31H44O9/c1-28(2,3)16-26(37)40-22-15-30(5)21(20-7-6-18-14-19(32)10-12-29(18,4)27(20)22)11-13-31(30,38)23(33)17-39-25(36)9-8-24(34)35/h14,20-22,27,38H,6-13,15-17H2,1-5H3,(H,34,35)/t20-,21-,22+,27+,29-,30-,31-/m0/s1. The molecule has 40 heavy (non-hydrogen) atoms. The lowest BCUT2D eigenvalue weighted by Crippen LogP contribution is -2.62. The number of esters is 2. The maximum absolute atomic E-state index is 13.5. The molecular formula is C31H44O9. The molecule has 0 aliphatic heterocycles. The molecule has 7 atom stereocenters. The molecule has 0 heterocycles. The summed E-state index contributed by atoms with van der Waals surface area (Å²) in [5, 5.41) is 20.8. The second-order valence-electron chi connectivity index (χ2n) is 14.2. The highest BCUT2D eigenvalue weighted by Crippen LogP contribution is 2.68. The molecular weight excluding hydrogens is 516 g/mol. The van der Waals surface area contributed by atoms with Crippen LogP contribution in [0.4, 0.5) is 0 Å². The summed E-state index contributed by atoms with van der Waals surface area (Å²) < 4.78 is 11.3. The van der Waals surface area contributed by atoms with Gasteiger partial charge < -0.3 is 19.7 Å². The maximum atomic E-state index is 13.5. The van der Waals surface area contributed by atoms with Crippen molar-refractivity contribution in [3.05, 3.63) is 11.6 Å². The molecule has 0 aromatic carbocycles. The summed E-state index contributed by atoms with van der Waals surface area (Å²) >= 11 is 0. The Kier molecular flexibility index (Phi) is 8.13. The van der Waals surface area contributed by atoms with Crippen LogP contribution in [0.25, 0.3) is 0 Å². The minimum Gasteiger partial charge on any atom is -0.481 e. The number of aliphatic hydroxyl groups is 1. The summed E-state index contributed by atoms with van der Waals surface area (Å²) in [6.07, 6.45) is 4.51. The Morgan fingerprint density at radius 1 is 1.02 bits per heavy atom. The van der Waals surface area contributed by atoms with E-state index in [4.69, 9.17) is 14.6 Å². The zero-order chi connectivity index (χ0) is 29.7. The monoisotopic (exact) mass is 560 g/mol. The van der Waals surface area contributed by atoms with Gasteiger partial charge in [-0.05, 0) is 67.3 Å². The third-order valence-electron chi connectivity index (χ3n) is 10.4. The summed E-state index contributed by atoms with van der Waals surface area (Å²) in [6, 6.07) is 0. The van der Waals surface area contributed by atoms with Crippen LogP contribution in [-0.2, 0) is 33.4 Å². The van der Waals surface area contributed by atoms with Crippen LogP contribution in [0.3, 0.4) is 0 Å². The second-order valence-corrected chi connectivity index (χ2v) is 14.2. The third-order valence-corrected chi connectivity index (χ3v) is 10.4. The molecule has 4 rings (SSSR count). The van der Waals surface area contributed by atoms with Gasteiger partial charge in [0, 0.05) is 17.8 Å². The predicted octanol–water partition coefficient (Wildman–Crippen LogP) is 4.18. The number of Topliss-reactive ketones (excluding diaryl/α,β-unsaturated/α-hetero) is 1. The number of hydrogen-bond acceptors (Lipinski definition) is 8. The van der Waals surface area contributed by atoms with Gasteiger partial charge in [-0.1, -0.05) is 40.2 Å². The average Bonchev–Trinajstić information content (AvgIpc) is 3.11. The Morgan fingerprint density at radius 3 is 2.38 bits per heavy atom. The lowest BCUT2D eigenvalue weighted by Gasteiger charge is -2.61.